The van der Waals surface area contributed by atoms with Crippen molar-refractivity contribution in [1.82, 2.24) is 20.0 Å². The van der Waals surface area contributed by atoms with Crippen molar-refractivity contribution in [3.05, 3.63) is 47.2 Å². The van der Waals surface area contributed by atoms with Crippen LogP contribution in [0.3, 0.4) is 0 Å². The number of aliphatic hydroxyl groups is 1. The summed E-state index contributed by atoms with van der Waals surface area (Å²) in [6.45, 7) is 11.7. The van der Waals surface area contributed by atoms with Gasteiger partial charge in [0.1, 0.15) is 0 Å². The molecular weight excluding hydrogens is 516 g/mol. The molecule has 0 saturated heterocycles. The van der Waals surface area contributed by atoms with Crippen LogP contribution in [0.2, 0.25) is 24.7 Å². The van der Waals surface area contributed by atoms with Gasteiger partial charge in [0.15, 0.2) is 5.82 Å². The second kappa shape index (κ2) is 10.4. The van der Waals surface area contributed by atoms with Crippen LogP contribution < -0.4 is 16.2 Å². The largest absolute Gasteiger partial charge is 0.448 e. The van der Waals surface area contributed by atoms with Gasteiger partial charge in [-0.05, 0) is 39.2 Å². The molecule has 0 spiro atoms. The van der Waals surface area contributed by atoms with Gasteiger partial charge in [0.25, 0.3) is 0 Å². The number of carbonyl (C=O) groups excluding carboxylic acids is 3. The number of hydrazine groups is 1. The van der Waals surface area contributed by atoms with E-state index in [1.54, 1.807) is 11.8 Å². The summed E-state index contributed by atoms with van der Waals surface area (Å²) in [4.78, 5) is 42.0. The Bertz CT molecular complexity index is 1250. The molecule has 2 heterocycles. The number of carbonyl (C=O) groups is 3. The van der Waals surface area contributed by atoms with Gasteiger partial charge in [0.2, 0.25) is 5.91 Å². The summed E-state index contributed by atoms with van der Waals surface area (Å²) in [6.07, 6.45) is 1.73. The van der Waals surface area contributed by atoms with Gasteiger partial charge in [-0.2, -0.15) is 5.10 Å². The van der Waals surface area contributed by atoms with Crippen LogP contribution in [0.25, 0.3) is 0 Å². The molecule has 1 aliphatic heterocycles. The number of anilines is 1. The fourth-order valence-corrected chi connectivity index (χ4v) is 8.35. The van der Waals surface area contributed by atoms with Gasteiger partial charge >= 0.3 is 12.1 Å². The monoisotopic (exact) mass is 556 g/mol. The van der Waals surface area contributed by atoms with Crippen molar-refractivity contribution in [2.24, 2.45) is 5.84 Å². The third-order valence-electron chi connectivity index (χ3n) is 8.39. The molecule has 39 heavy (non-hydrogen) atoms. The fourth-order valence-electron chi connectivity index (χ4n) is 5.74. The lowest BCUT2D eigenvalue weighted by Gasteiger charge is -2.50. The Morgan fingerprint density at radius 1 is 1.21 bits per heavy atom. The number of rotatable bonds is 7. The first-order valence-electron chi connectivity index (χ1n) is 13.4. The molecule has 1 aliphatic carbocycles. The number of urea groups is 1. The molecule has 2 aliphatic rings. The molecule has 1 fully saturated rings. The Labute approximate surface area is 230 Å². The normalized spacial score (nSPS) is 18.1. The molecule has 1 aromatic heterocycles. The minimum absolute atomic E-state index is 0.0662. The Morgan fingerprint density at radius 3 is 2.36 bits per heavy atom. The van der Waals surface area contributed by atoms with Gasteiger partial charge in [-0.3, -0.25) is 4.79 Å². The number of hydrogen-bond donors (Lipinski definition) is 3. The molecule has 212 valence electrons. The smallest absolute Gasteiger partial charge is 0.436 e. The molecule has 2 aromatic rings. The Kier molecular flexibility index (Phi) is 7.67. The standard InChI is InChI=1S/C27H40N6O5Si/c1-7-38-25(37)33-22(32(28)23(35)27(14-11-15-27)39(4,5)6)19-16-31(26(2,3)21(19)30-33)24(36)29-20(17-34)18-12-9-8-10-13-18/h8-10,12-13,20,34H,7,11,14-17,28H2,1-6H3,(H,29,36)/t20-/m1/s1. The van der Waals surface area contributed by atoms with E-state index >= 15 is 0 Å². The molecule has 1 aromatic carbocycles. The third-order valence-corrected chi connectivity index (χ3v) is 12.0. The quantitative estimate of drug-likeness (QED) is 0.203. The van der Waals surface area contributed by atoms with Crippen molar-refractivity contribution in [2.75, 3.05) is 18.2 Å². The number of aromatic nitrogens is 2. The highest BCUT2D eigenvalue weighted by atomic mass is 28.3. The maximum atomic E-state index is 14.0. The summed E-state index contributed by atoms with van der Waals surface area (Å²) < 4.78 is 6.30. The fraction of sp³-hybridized carbons (Fsp3) is 0.556. The van der Waals surface area contributed by atoms with E-state index < -0.39 is 36.8 Å². The topological polar surface area (TPSA) is 143 Å². The summed E-state index contributed by atoms with van der Waals surface area (Å²) in [5, 5.41) is 18.0. The molecule has 0 unspecified atom stereocenters. The molecule has 1 atom stereocenters. The molecule has 12 heteroatoms. The van der Waals surface area contributed by atoms with Gasteiger partial charge < -0.3 is 20.1 Å². The van der Waals surface area contributed by atoms with Crippen LogP contribution >= 0.6 is 0 Å². The van der Waals surface area contributed by atoms with E-state index in [1.165, 1.54) is 0 Å². The number of hydrogen-bond acceptors (Lipinski definition) is 7. The van der Waals surface area contributed by atoms with Gasteiger partial charge in [0.05, 0.1) is 45.1 Å². The Hall–Kier alpha value is -3.22. The van der Waals surface area contributed by atoms with Crippen LogP contribution in [-0.4, -0.2) is 59.1 Å². The predicted octanol–water partition coefficient (Wildman–Crippen LogP) is 3.85. The van der Waals surface area contributed by atoms with E-state index in [1.807, 2.05) is 44.2 Å². The molecule has 0 bridgehead atoms. The molecule has 4 N–H and O–H groups in total. The lowest BCUT2D eigenvalue weighted by Crippen LogP contribution is -2.57. The molecule has 0 radical (unpaired) electrons. The van der Waals surface area contributed by atoms with E-state index in [-0.39, 0.29) is 31.5 Å². The van der Waals surface area contributed by atoms with E-state index in [4.69, 9.17) is 10.6 Å². The number of amides is 3. The van der Waals surface area contributed by atoms with Crippen molar-refractivity contribution in [1.29, 1.82) is 0 Å². The SMILES string of the molecule is CCOC(=O)n1nc2c(c1N(N)C(=O)C1([Si](C)(C)C)CCC1)CN(C(=O)N[C@H](CO)c1ccccc1)C2(C)C. The van der Waals surface area contributed by atoms with Crippen LogP contribution in [0.1, 0.15) is 62.9 Å². The molecule has 11 nitrogen and oxygen atoms in total. The van der Waals surface area contributed by atoms with Crippen LogP contribution in [0, 0.1) is 0 Å². The number of benzene rings is 1. The number of nitrogens with zero attached hydrogens (tertiary/aromatic N) is 4. The summed E-state index contributed by atoms with van der Waals surface area (Å²) >= 11 is 0. The summed E-state index contributed by atoms with van der Waals surface area (Å²) in [6, 6.07) is 8.19. The first kappa shape index (κ1) is 28.8. The summed E-state index contributed by atoms with van der Waals surface area (Å²) in [5.41, 5.74) is 0.802. The van der Waals surface area contributed by atoms with Gasteiger partial charge in [-0.1, -0.05) is 56.4 Å². The first-order valence-corrected chi connectivity index (χ1v) is 16.9. The highest BCUT2D eigenvalue weighted by molar-refractivity contribution is 6.83. The number of ether oxygens (including phenoxy) is 1. The lowest BCUT2D eigenvalue weighted by atomic mass is 9.83. The van der Waals surface area contributed by atoms with Crippen LogP contribution in [0.5, 0.6) is 0 Å². The maximum absolute atomic E-state index is 14.0. The van der Waals surface area contributed by atoms with Crippen molar-refractivity contribution >= 4 is 31.9 Å². The molecular formula is C27H40N6O5Si. The van der Waals surface area contributed by atoms with E-state index in [0.717, 1.165) is 34.5 Å². The average molecular weight is 557 g/mol. The van der Waals surface area contributed by atoms with Crippen molar-refractivity contribution in [3.8, 4) is 0 Å². The van der Waals surface area contributed by atoms with Crippen LogP contribution in [0.15, 0.2) is 30.3 Å². The highest BCUT2D eigenvalue weighted by Crippen LogP contribution is 2.57. The van der Waals surface area contributed by atoms with Crippen LogP contribution in [0.4, 0.5) is 15.4 Å². The van der Waals surface area contributed by atoms with Crippen molar-refractivity contribution in [3.63, 3.8) is 0 Å². The zero-order valence-electron chi connectivity index (χ0n) is 23.7. The molecule has 1 saturated carbocycles. The Morgan fingerprint density at radius 2 is 1.85 bits per heavy atom. The number of fused-ring (bicyclic) bond motifs is 1. The number of nitrogens with one attached hydrogen (secondary N) is 1. The predicted molar refractivity (Wildman–Crippen MR) is 150 cm³/mol. The summed E-state index contributed by atoms with van der Waals surface area (Å²) in [5.74, 6) is 6.45. The maximum Gasteiger partial charge on any atom is 0.436 e. The lowest BCUT2D eigenvalue weighted by molar-refractivity contribution is -0.124. The highest BCUT2D eigenvalue weighted by Gasteiger charge is 2.56. The van der Waals surface area contributed by atoms with Gasteiger partial charge in [-0.25, -0.2) is 20.4 Å². The molecule has 4 rings (SSSR count). The second-order valence-corrected chi connectivity index (χ2v) is 17.3. The zero-order valence-corrected chi connectivity index (χ0v) is 24.7. The minimum Gasteiger partial charge on any atom is -0.448 e. The summed E-state index contributed by atoms with van der Waals surface area (Å²) in [7, 11) is -1.98. The zero-order chi connectivity index (χ0) is 28.8. The number of aliphatic hydroxyl groups excluding tert-OH is 1. The third kappa shape index (κ3) is 4.74. The van der Waals surface area contributed by atoms with Crippen LogP contribution in [-0.2, 0) is 21.6 Å². The molecule has 3 amide bonds. The average Bonchev–Trinajstić information content (AvgIpc) is 3.35. The second-order valence-electron chi connectivity index (χ2n) is 11.9. The van der Waals surface area contributed by atoms with Crippen molar-refractivity contribution in [2.45, 2.75) is 82.8 Å². The van der Waals surface area contributed by atoms with Gasteiger partial charge in [0, 0.05) is 10.6 Å². The minimum atomic E-state index is -1.98. The van der Waals surface area contributed by atoms with Gasteiger partial charge in [-0.15, -0.1) is 4.68 Å². The van der Waals surface area contributed by atoms with E-state index in [0.29, 0.717) is 11.3 Å². The Balaban J connectivity index is 1.71. The first-order chi connectivity index (χ1) is 18.3. The number of nitrogens with two attached hydrogens (primary N) is 1. The van der Waals surface area contributed by atoms with Crippen molar-refractivity contribution < 1.29 is 24.2 Å². The van der Waals surface area contributed by atoms with E-state index in [2.05, 4.69) is 30.1 Å². The van der Waals surface area contributed by atoms with E-state index in [9.17, 15) is 19.5 Å².